The first-order valence-corrected chi connectivity index (χ1v) is 10.3. The monoisotopic (exact) mass is 411 g/mol. The molecule has 4 heteroatoms. The number of nitrogens with one attached hydrogen (secondary N) is 1. The van der Waals surface area contributed by atoms with Crippen molar-refractivity contribution < 1.29 is 13.9 Å². The normalized spacial score (nSPS) is 11.8. The Balaban J connectivity index is 2.49. The van der Waals surface area contributed by atoms with Gasteiger partial charge in [0.05, 0.1) is 0 Å². The number of ketones is 1. The van der Waals surface area contributed by atoms with E-state index in [9.17, 15) is 9.18 Å². The Morgan fingerprint density at radius 2 is 2.00 bits per heavy atom. The largest absolute Gasteiger partial charge is 0.486 e. The predicted octanol–water partition coefficient (Wildman–Crippen LogP) is 6.36. The third-order valence-corrected chi connectivity index (χ3v) is 4.23. The summed E-state index contributed by atoms with van der Waals surface area (Å²) >= 11 is 0. The first kappa shape index (κ1) is 25.3. The van der Waals surface area contributed by atoms with Crippen LogP contribution in [-0.4, -0.2) is 25.5 Å². The fourth-order valence-corrected chi connectivity index (χ4v) is 2.52. The van der Waals surface area contributed by atoms with Crippen LogP contribution in [0.1, 0.15) is 50.4 Å². The molecule has 0 radical (unpaired) electrons. The smallest absolute Gasteiger partial charge is 0.185 e. The molecular weight excluding hydrogens is 377 g/mol. The van der Waals surface area contributed by atoms with Crippen molar-refractivity contribution in [2.24, 2.45) is 0 Å². The highest BCUT2D eigenvalue weighted by molar-refractivity contribution is 6.04. The molecule has 0 amide bonds. The second kappa shape index (κ2) is 15.2. The lowest BCUT2D eigenvalue weighted by molar-refractivity contribution is 0.104. The molecule has 30 heavy (non-hydrogen) atoms. The third kappa shape index (κ3) is 11.3. The van der Waals surface area contributed by atoms with Crippen molar-refractivity contribution in [1.29, 1.82) is 0 Å². The van der Waals surface area contributed by atoms with Crippen molar-refractivity contribution in [2.45, 2.75) is 40.0 Å². The lowest BCUT2D eigenvalue weighted by Crippen LogP contribution is -2.14. The molecule has 1 rings (SSSR count). The van der Waals surface area contributed by atoms with Crippen LogP contribution in [0.25, 0.3) is 0 Å². The number of ether oxygens (including phenoxy) is 1. The van der Waals surface area contributed by atoms with E-state index in [1.807, 2.05) is 31.2 Å². The molecule has 0 saturated carbocycles. The molecule has 0 aliphatic heterocycles. The highest BCUT2D eigenvalue weighted by atomic mass is 19.1. The zero-order chi connectivity index (χ0) is 22.2. The number of benzene rings is 1. The minimum Gasteiger partial charge on any atom is -0.486 e. The van der Waals surface area contributed by atoms with E-state index in [0.29, 0.717) is 5.56 Å². The summed E-state index contributed by atoms with van der Waals surface area (Å²) in [4.78, 5) is 12.2. The van der Waals surface area contributed by atoms with Gasteiger partial charge >= 0.3 is 0 Å². The third-order valence-electron chi connectivity index (χ3n) is 4.23. The van der Waals surface area contributed by atoms with Crippen LogP contribution in [0, 0.1) is 5.82 Å². The first-order valence-electron chi connectivity index (χ1n) is 10.3. The molecule has 0 spiro atoms. The average molecular weight is 412 g/mol. The van der Waals surface area contributed by atoms with Crippen molar-refractivity contribution in [1.82, 2.24) is 5.32 Å². The summed E-state index contributed by atoms with van der Waals surface area (Å²) in [5.74, 6) is -0.644. The second-order valence-corrected chi connectivity index (χ2v) is 7.27. The minimum absolute atomic E-state index is 0.134. The molecule has 0 unspecified atom stereocenters. The summed E-state index contributed by atoms with van der Waals surface area (Å²) in [6.45, 7) is 11.7. The van der Waals surface area contributed by atoms with Gasteiger partial charge in [0.2, 0.25) is 0 Å². The highest BCUT2D eigenvalue weighted by Gasteiger charge is 2.08. The van der Waals surface area contributed by atoms with E-state index in [1.54, 1.807) is 12.1 Å². The molecule has 0 saturated heterocycles. The van der Waals surface area contributed by atoms with E-state index in [4.69, 9.17) is 4.74 Å². The zero-order valence-electron chi connectivity index (χ0n) is 18.4. The van der Waals surface area contributed by atoms with Crippen molar-refractivity contribution >= 4 is 5.78 Å². The predicted molar refractivity (Wildman–Crippen MR) is 125 cm³/mol. The Hall–Kier alpha value is -2.72. The van der Waals surface area contributed by atoms with E-state index in [2.05, 4.69) is 31.8 Å². The Kier molecular flexibility index (Phi) is 12.8. The van der Waals surface area contributed by atoms with E-state index in [-0.39, 0.29) is 18.1 Å². The molecule has 3 nitrogen and oxygen atoms in total. The number of carbonyl (C=O) groups excluding carboxylic acids is 1. The number of rotatable bonds is 14. The van der Waals surface area contributed by atoms with Crippen LogP contribution in [0.2, 0.25) is 0 Å². The summed E-state index contributed by atoms with van der Waals surface area (Å²) in [6, 6.07) is 4.29. The maximum atomic E-state index is 14.2. The van der Waals surface area contributed by atoms with E-state index < -0.39 is 5.82 Å². The molecule has 162 valence electrons. The summed E-state index contributed by atoms with van der Waals surface area (Å²) in [5.41, 5.74) is 2.79. The Labute approximate surface area is 180 Å². The van der Waals surface area contributed by atoms with Gasteiger partial charge in [-0.25, -0.2) is 4.39 Å². The molecule has 0 fully saturated rings. The SMILES string of the molecule is C=CCCNCC=CCOc1ccc(C(=O)C=CC=C(C)CCC=C(C)C)cc1F. The number of allylic oxidation sites excluding steroid dienone is 6. The van der Waals surface area contributed by atoms with Gasteiger partial charge in [0.15, 0.2) is 17.3 Å². The number of carbonyl (C=O) groups is 1. The van der Waals surface area contributed by atoms with Crippen LogP contribution in [0.15, 0.2) is 78.5 Å². The van der Waals surface area contributed by atoms with Gasteiger partial charge in [-0.3, -0.25) is 4.79 Å². The molecule has 0 aromatic heterocycles. The summed E-state index contributed by atoms with van der Waals surface area (Å²) in [7, 11) is 0. The van der Waals surface area contributed by atoms with Crippen LogP contribution in [0.3, 0.4) is 0 Å². The van der Waals surface area contributed by atoms with Crippen molar-refractivity contribution in [3.05, 3.63) is 89.8 Å². The summed E-state index contributed by atoms with van der Waals surface area (Å²) < 4.78 is 19.6. The summed E-state index contributed by atoms with van der Waals surface area (Å²) in [6.07, 6.45) is 15.8. The van der Waals surface area contributed by atoms with Gasteiger partial charge < -0.3 is 10.1 Å². The Bertz CT molecular complexity index is 799. The fourth-order valence-electron chi connectivity index (χ4n) is 2.52. The highest BCUT2D eigenvalue weighted by Crippen LogP contribution is 2.19. The fraction of sp³-hybridized carbons (Fsp3) is 0.346. The van der Waals surface area contributed by atoms with Gasteiger partial charge in [0.1, 0.15) is 6.61 Å². The van der Waals surface area contributed by atoms with Gasteiger partial charge in [-0.1, -0.05) is 47.6 Å². The number of halogens is 1. The lowest BCUT2D eigenvalue weighted by Gasteiger charge is -2.06. The quantitative estimate of drug-likeness (QED) is 0.127. The molecule has 0 atom stereocenters. The molecule has 1 aromatic rings. The van der Waals surface area contributed by atoms with E-state index in [0.717, 1.165) is 32.4 Å². The maximum absolute atomic E-state index is 14.2. The molecule has 0 aliphatic rings. The molecule has 0 aliphatic carbocycles. The molecule has 0 heterocycles. The van der Waals surface area contributed by atoms with Crippen LogP contribution in [0.4, 0.5) is 4.39 Å². The average Bonchev–Trinajstić information content (AvgIpc) is 2.70. The van der Waals surface area contributed by atoms with Crippen LogP contribution in [0.5, 0.6) is 5.75 Å². The molecule has 0 bridgehead atoms. The minimum atomic E-state index is -0.541. The first-order chi connectivity index (χ1) is 14.4. The van der Waals surface area contributed by atoms with Gasteiger partial charge in [-0.15, -0.1) is 6.58 Å². The Morgan fingerprint density at radius 3 is 2.70 bits per heavy atom. The molecular formula is C26H34FNO2. The van der Waals surface area contributed by atoms with Crippen molar-refractivity contribution in [3.8, 4) is 5.75 Å². The standard InChI is InChI=1S/C26H34FNO2/c1-5-6-17-28-18-7-8-19-30-26-16-15-23(20-24(26)27)25(29)14-10-13-22(4)12-9-11-21(2)3/h5,7-8,10-11,13-16,20,28H,1,6,9,12,17-19H2,2-4H3. The van der Waals surface area contributed by atoms with Crippen LogP contribution >= 0.6 is 0 Å². The molecule has 1 aromatic carbocycles. The van der Waals surface area contributed by atoms with Crippen molar-refractivity contribution in [3.63, 3.8) is 0 Å². The number of hydrogen-bond donors (Lipinski definition) is 1. The van der Waals surface area contributed by atoms with E-state index >= 15 is 0 Å². The maximum Gasteiger partial charge on any atom is 0.185 e. The lowest BCUT2D eigenvalue weighted by atomic mass is 10.1. The number of hydrogen-bond acceptors (Lipinski definition) is 3. The van der Waals surface area contributed by atoms with Gasteiger partial charge in [0, 0.05) is 12.1 Å². The summed E-state index contributed by atoms with van der Waals surface area (Å²) in [5, 5.41) is 3.22. The van der Waals surface area contributed by atoms with Crippen LogP contribution < -0.4 is 10.1 Å². The van der Waals surface area contributed by atoms with Gasteiger partial charge in [-0.2, -0.15) is 0 Å². The Morgan fingerprint density at radius 1 is 1.20 bits per heavy atom. The van der Waals surface area contributed by atoms with Crippen LogP contribution in [-0.2, 0) is 0 Å². The van der Waals surface area contributed by atoms with Gasteiger partial charge in [0.25, 0.3) is 0 Å². The topological polar surface area (TPSA) is 38.3 Å². The van der Waals surface area contributed by atoms with Gasteiger partial charge in [-0.05, 0) is 70.9 Å². The van der Waals surface area contributed by atoms with Crippen molar-refractivity contribution in [2.75, 3.05) is 19.7 Å². The molecule has 1 N–H and O–H groups in total. The zero-order valence-corrected chi connectivity index (χ0v) is 18.4. The van der Waals surface area contributed by atoms with E-state index in [1.165, 1.54) is 29.4 Å². The second-order valence-electron chi connectivity index (χ2n) is 7.27.